The molecule has 0 aliphatic heterocycles. The van der Waals surface area contributed by atoms with Crippen LogP contribution in [0.5, 0.6) is 11.5 Å². The van der Waals surface area contributed by atoms with Gasteiger partial charge in [-0.15, -0.1) is 0 Å². The first-order valence-corrected chi connectivity index (χ1v) is 15.5. The number of thioether (sulfide) groups is 1. The number of unbranched alkanes of at least 4 members (excludes halogenated alkanes) is 14. The summed E-state index contributed by atoms with van der Waals surface area (Å²) in [7, 11) is 0. The van der Waals surface area contributed by atoms with Crippen molar-refractivity contribution in [3.63, 3.8) is 0 Å². The topological polar surface area (TPSA) is 40.5 Å². The van der Waals surface area contributed by atoms with E-state index in [1.54, 1.807) is 24.3 Å². The summed E-state index contributed by atoms with van der Waals surface area (Å²) in [5.41, 5.74) is 2.68. The van der Waals surface area contributed by atoms with E-state index in [1.807, 2.05) is 24.3 Å². The molecule has 0 aliphatic rings. The maximum absolute atomic E-state index is 9.32. The second-order valence-electron chi connectivity index (χ2n) is 10.1. The Morgan fingerprint density at radius 3 is 1.00 bits per heavy atom. The predicted molar refractivity (Wildman–Crippen MR) is 155 cm³/mol. The zero-order chi connectivity index (χ0) is 24.8. The van der Waals surface area contributed by atoms with Crippen LogP contribution in [0.2, 0.25) is 0 Å². The van der Waals surface area contributed by atoms with Crippen LogP contribution in [0.4, 0.5) is 0 Å². The fraction of sp³-hybridized carbons (Fsp3) is 0.625. The number of phenolic OH excluding ortho intramolecular Hbond substituents is 2. The van der Waals surface area contributed by atoms with Crippen LogP contribution in [-0.4, -0.2) is 21.7 Å². The molecule has 0 amide bonds. The molecular weight excluding hydrogens is 448 g/mol. The third kappa shape index (κ3) is 16.6. The Morgan fingerprint density at radius 1 is 0.371 bits per heavy atom. The summed E-state index contributed by atoms with van der Waals surface area (Å²) in [5, 5.41) is 18.6. The molecule has 0 fully saturated rings. The molecule has 0 unspecified atom stereocenters. The standard InChI is InChI=1S/C32H50O2S/c33-31-23-19-29(20-24-31)17-13-9-5-1-3-7-11-15-27-35-28-16-12-8-4-2-6-10-14-18-30-21-25-32(34)26-22-30/h19-26,33-34H,1-18,27-28H2. The lowest BCUT2D eigenvalue weighted by atomic mass is 10.0. The summed E-state index contributed by atoms with van der Waals surface area (Å²) in [6, 6.07) is 15.3. The molecule has 0 radical (unpaired) electrons. The second kappa shape index (κ2) is 20.6. The Bertz CT molecular complexity index is 663. The molecule has 0 spiro atoms. The van der Waals surface area contributed by atoms with E-state index in [4.69, 9.17) is 0 Å². The number of benzene rings is 2. The second-order valence-corrected chi connectivity index (χ2v) is 11.3. The fourth-order valence-corrected chi connectivity index (χ4v) is 5.64. The van der Waals surface area contributed by atoms with E-state index >= 15 is 0 Å². The van der Waals surface area contributed by atoms with Gasteiger partial charge in [0.25, 0.3) is 0 Å². The first-order chi connectivity index (χ1) is 17.2. The average Bonchev–Trinajstić information content (AvgIpc) is 2.87. The predicted octanol–water partition coefficient (Wildman–Crippen LogP) is 9.86. The number of phenols is 2. The van der Waals surface area contributed by atoms with Gasteiger partial charge in [0.2, 0.25) is 0 Å². The van der Waals surface area contributed by atoms with Crippen LogP contribution < -0.4 is 0 Å². The zero-order valence-electron chi connectivity index (χ0n) is 22.1. The maximum Gasteiger partial charge on any atom is 0.115 e. The fourth-order valence-electron chi connectivity index (χ4n) is 4.62. The summed E-state index contributed by atoms with van der Waals surface area (Å²) >= 11 is 2.17. The zero-order valence-corrected chi connectivity index (χ0v) is 22.9. The Kier molecular flexibility index (Phi) is 17.4. The average molecular weight is 499 g/mol. The molecule has 2 rings (SSSR count). The molecular formula is C32H50O2S. The van der Waals surface area contributed by atoms with Gasteiger partial charge in [0.05, 0.1) is 0 Å². The highest BCUT2D eigenvalue weighted by atomic mass is 32.2. The summed E-state index contributed by atoms with van der Waals surface area (Å²) in [6.07, 6.45) is 24.2. The monoisotopic (exact) mass is 498 g/mol. The van der Waals surface area contributed by atoms with Crippen LogP contribution in [-0.2, 0) is 12.8 Å². The lowest BCUT2D eigenvalue weighted by molar-refractivity contribution is 0.474. The van der Waals surface area contributed by atoms with Crippen molar-refractivity contribution in [2.45, 2.75) is 116 Å². The van der Waals surface area contributed by atoms with Crippen molar-refractivity contribution < 1.29 is 10.2 Å². The van der Waals surface area contributed by atoms with E-state index in [0.717, 1.165) is 12.8 Å². The molecule has 35 heavy (non-hydrogen) atoms. The van der Waals surface area contributed by atoms with Gasteiger partial charge in [-0.1, -0.05) is 101 Å². The van der Waals surface area contributed by atoms with Gasteiger partial charge < -0.3 is 10.2 Å². The van der Waals surface area contributed by atoms with Gasteiger partial charge in [-0.2, -0.15) is 11.8 Å². The van der Waals surface area contributed by atoms with Gasteiger partial charge >= 0.3 is 0 Å². The Balaban J connectivity index is 1.21. The Hall–Kier alpha value is -1.61. The molecule has 2 aromatic rings. The van der Waals surface area contributed by atoms with Crippen molar-refractivity contribution in [2.24, 2.45) is 0 Å². The number of rotatable bonds is 22. The third-order valence-electron chi connectivity index (χ3n) is 6.88. The lowest BCUT2D eigenvalue weighted by Crippen LogP contribution is -1.88. The van der Waals surface area contributed by atoms with Gasteiger partial charge in [0, 0.05) is 0 Å². The van der Waals surface area contributed by atoms with Gasteiger partial charge in [-0.25, -0.2) is 0 Å². The summed E-state index contributed by atoms with van der Waals surface area (Å²) in [5.74, 6) is 3.44. The van der Waals surface area contributed by atoms with Crippen LogP contribution in [0.25, 0.3) is 0 Å². The molecule has 0 saturated carbocycles. The van der Waals surface area contributed by atoms with Crippen molar-refractivity contribution in [3.05, 3.63) is 59.7 Å². The van der Waals surface area contributed by atoms with E-state index in [-0.39, 0.29) is 0 Å². The molecule has 0 heterocycles. The van der Waals surface area contributed by atoms with Crippen molar-refractivity contribution in [2.75, 3.05) is 11.5 Å². The minimum Gasteiger partial charge on any atom is -0.508 e. The third-order valence-corrected chi connectivity index (χ3v) is 8.04. The van der Waals surface area contributed by atoms with Crippen LogP contribution in [0.1, 0.15) is 114 Å². The van der Waals surface area contributed by atoms with Gasteiger partial charge in [-0.3, -0.25) is 0 Å². The van der Waals surface area contributed by atoms with E-state index < -0.39 is 0 Å². The molecule has 3 heteroatoms. The molecule has 0 bridgehead atoms. The van der Waals surface area contributed by atoms with Crippen LogP contribution in [0.15, 0.2) is 48.5 Å². The minimum atomic E-state index is 0.365. The smallest absolute Gasteiger partial charge is 0.115 e. The number of aryl methyl sites for hydroxylation is 2. The number of hydrogen-bond acceptors (Lipinski definition) is 3. The molecule has 0 aliphatic carbocycles. The SMILES string of the molecule is Oc1ccc(CCCCCCCCCCSCCCCCCCCCCc2ccc(O)cc2)cc1. The highest BCUT2D eigenvalue weighted by Gasteiger charge is 1.98. The quantitative estimate of drug-likeness (QED) is 0.159. The minimum absolute atomic E-state index is 0.365. The lowest BCUT2D eigenvalue weighted by Gasteiger charge is -2.05. The molecule has 0 atom stereocenters. The van der Waals surface area contributed by atoms with E-state index in [9.17, 15) is 10.2 Å². The molecule has 2 N–H and O–H groups in total. The van der Waals surface area contributed by atoms with E-state index in [0.29, 0.717) is 11.5 Å². The van der Waals surface area contributed by atoms with Crippen molar-refractivity contribution in [3.8, 4) is 11.5 Å². The molecule has 0 aromatic heterocycles. The number of aromatic hydroxyl groups is 2. The normalized spacial score (nSPS) is 11.2. The van der Waals surface area contributed by atoms with Gasteiger partial charge in [0.15, 0.2) is 0 Å². The summed E-state index contributed by atoms with van der Waals surface area (Å²) < 4.78 is 0. The first kappa shape index (κ1) is 29.6. The highest BCUT2D eigenvalue weighted by molar-refractivity contribution is 7.99. The van der Waals surface area contributed by atoms with Gasteiger partial charge in [0.1, 0.15) is 11.5 Å². The number of hydrogen-bond donors (Lipinski definition) is 2. The highest BCUT2D eigenvalue weighted by Crippen LogP contribution is 2.17. The van der Waals surface area contributed by atoms with Crippen LogP contribution >= 0.6 is 11.8 Å². The Labute approximate surface area is 219 Å². The van der Waals surface area contributed by atoms with Crippen molar-refractivity contribution in [1.29, 1.82) is 0 Å². The molecule has 196 valence electrons. The maximum atomic E-state index is 9.32. The Morgan fingerprint density at radius 2 is 0.657 bits per heavy atom. The molecule has 2 nitrogen and oxygen atoms in total. The van der Waals surface area contributed by atoms with Crippen LogP contribution in [0.3, 0.4) is 0 Å². The summed E-state index contributed by atoms with van der Waals surface area (Å²) in [4.78, 5) is 0. The van der Waals surface area contributed by atoms with E-state index in [2.05, 4.69) is 11.8 Å². The van der Waals surface area contributed by atoms with E-state index in [1.165, 1.54) is 125 Å². The van der Waals surface area contributed by atoms with Crippen molar-refractivity contribution in [1.82, 2.24) is 0 Å². The molecule has 2 aromatic carbocycles. The first-order valence-electron chi connectivity index (χ1n) is 14.4. The van der Waals surface area contributed by atoms with Crippen molar-refractivity contribution >= 4 is 11.8 Å². The van der Waals surface area contributed by atoms with Crippen LogP contribution in [0, 0.1) is 0 Å². The largest absolute Gasteiger partial charge is 0.508 e. The molecule has 0 saturated heterocycles. The summed E-state index contributed by atoms with van der Waals surface area (Å²) in [6.45, 7) is 0. The van der Waals surface area contributed by atoms with Gasteiger partial charge in [-0.05, 0) is 85.4 Å².